The van der Waals surface area contributed by atoms with Crippen LogP contribution in [0.2, 0.25) is 0 Å². The number of ether oxygens (including phenoxy) is 2. The maximum absolute atomic E-state index is 12.4. The highest BCUT2D eigenvalue weighted by Gasteiger charge is 2.13. The average molecular weight is 366 g/mol. The predicted molar refractivity (Wildman–Crippen MR) is 89.4 cm³/mol. The molecule has 0 N–H and O–H groups in total. The minimum atomic E-state index is -2.89. The Morgan fingerprint density at radius 1 is 1.16 bits per heavy atom. The molecule has 132 valence electrons. The van der Waals surface area contributed by atoms with Gasteiger partial charge in [-0.05, 0) is 37.6 Å². The van der Waals surface area contributed by atoms with E-state index in [1.165, 1.54) is 24.9 Å². The monoisotopic (exact) mass is 366 g/mol. The number of alkyl halides is 2. The molecule has 3 rings (SSSR count). The van der Waals surface area contributed by atoms with Gasteiger partial charge in [-0.15, -0.1) is 10.2 Å². The highest BCUT2D eigenvalue weighted by Crippen LogP contribution is 2.32. The fourth-order valence-corrected chi connectivity index (χ4v) is 3.37. The normalized spacial score (nSPS) is 11.3. The van der Waals surface area contributed by atoms with Gasteiger partial charge in [0.05, 0.1) is 7.11 Å². The smallest absolute Gasteiger partial charge is 0.387 e. The van der Waals surface area contributed by atoms with Crippen LogP contribution in [0.5, 0.6) is 11.5 Å². The predicted octanol–water partition coefficient (Wildman–Crippen LogP) is 3.64. The van der Waals surface area contributed by atoms with Crippen LogP contribution in [0.3, 0.4) is 0 Å². The molecule has 25 heavy (non-hydrogen) atoms. The quantitative estimate of drug-likeness (QED) is 0.621. The van der Waals surface area contributed by atoms with Gasteiger partial charge in [0, 0.05) is 17.1 Å². The molecule has 1 aromatic carbocycles. The van der Waals surface area contributed by atoms with E-state index in [9.17, 15) is 8.78 Å². The highest BCUT2D eigenvalue weighted by atomic mass is 32.2. The summed E-state index contributed by atoms with van der Waals surface area (Å²) in [5.74, 6) is 1.39. The van der Waals surface area contributed by atoms with E-state index in [-0.39, 0.29) is 11.5 Å². The van der Waals surface area contributed by atoms with Gasteiger partial charge in [0.15, 0.2) is 16.7 Å². The largest absolute Gasteiger partial charge is 0.493 e. The van der Waals surface area contributed by atoms with Crippen molar-refractivity contribution >= 4 is 17.5 Å². The van der Waals surface area contributed by atoms with Gasteiger partial charge >= 0.3 is 6.61 Å². The summed E-state index contributed by atoms with van der Waals surface area (Å²) in [7, 11) is 1.41. The fraction of sp³-hybridized carbons (Fsp3) is 0.312. The summed E-state index contributed by atoms with van der Waals surface area (Å²) in [6.45, 7) is 0.980. The van der Waals surface area contributed by atoms with Gasteiger partial charge in [0.1, 0.15) is 0 Å². The lowest BCUT2D eigenvalue weighted by atomic mass is 10.2. The van der Waals surface area contributed by atoms with Crippen LogP contribution in [0.4, 0.5) is 8.78 Å². The number of nitrogens with zero attached hydrogens (tertiary/aromatic N) is 4. The van der Waals surface area contributed by atoms with Gasteiger partial charge in [0.2, 0.25) is 0 Å². The van der Waals surface area contributed by atoms with Crippen molar-refractivity contribution < 1.29 is 18.3 Å². The maximum Gasteiger partial charge on any atom is 0.387 e. The molecule has 9 heteroatoms. The molecule has 3 aromatic rings. The molecule has 0 aliphatic rings. The minimum Gasteiger partial charge on any atom is -0.493 e. The maximum atomic E-state index is 12.4. The van der Waals surface area contributed by atoms with Crippen LogP contribution in [-0.4, -0.2) is 33.3 Å². The van der Waals surface area contributed by atoms with E-state index in [1.54, 1.807) is 12.1 Å². The molecule has 0 aliphatic carbocycles. The Hall–Kier alpha value is -2.42. The van der Waals surface area contributed by atoms with E-state index in [0.717, 1.165) is 17.0 Å². The van der Waals surface area contributed by atoms with Gasteiger partial charge < -0.3 is 9.47 Å². The third-order valence-electron chi connectivity index (χ3n) is 3.48. The Bertz CT molecular complexity index is 901. The van der Waals surface area contributed by atoms with Crippen molar-refractivity contribution in [3.05, 3.63) is 41.2 Å². The molecular weight excluding hydrogens is 350 g/mol. The summed E-state index contributed by atoms with van der Waals surface area (Å²) in [5, 5.41) is 8.97. The first-order valence-electron chi connectivity index (χ1n) is 7.42. The molecule has 0 radical (unpaired) electrons. The minimum absolute atomic E-state index is 0.00898. The molecule has 0 aliphatic heterocycles. The number of hydrogen-bond donors (Lipinski definition) is 0. The van der Waals surface area contributed by atoms with Gasteiger partial charge in [-0.3, -0.25) is 4.40 Å². The second kappa shape index (κ2) is 7.22. The van der Waals surface area contributed by atoms with Crippen LogP contribution >= 0.6 is 11.8 Å². The number of fused-ring (bicyclic) bond motifs is 1. The summed E-state index contributed by atoms with van der Waals surface area (Å²) in [5.41, 5.74) is 2.76. The van der Waals surface area contributed by atoms with Crippen molar-refractivity contribution in [1.82, 2.24) is 19.6 Å². The van der Waals surface area contributed by atoms with Gasteiger partial charge in [-0.25, -0.2) is 4.98 Å². The number of halogens is 2. The molecule has 0 unspecified atom stereocenters. The molecule has 0 amide bonds. The van der Waals surface area contributed by atoms with Gasteiger partial charge in [0.25, 0.3) is 5.78 Å². The third-order valence-corrected chi connectivity index (χ3v) is 4.48. The number of aromatic nitrogens is 4. The van der Waals surface area contributed by atoms with Crippen molar-refractivity contribution in [3.63, 3.8) is 0 Å². The number of methoxy groups -OCH3 is 1. The number of benzene rings is 1. The number of aryl methyl sites for hydroxylation is 2. The lowest BCUT2D eigenvalue weighted by Crippen LogP contribution is -2.03. The number of rotatable bonds is 6. The van der Waals surface area contributed by atoms with Crippen LogP contribution in [-0.2, 0) is 5.75 Å². The van der Waals surface area contributed by atoms with Crippen LogP contribution in [0, 0.1) is 13.8 Å². The van der Waals surface area contributed by atoms with Crippen LogP contribution in [0.1, 0.15) is 17.0 Å². The van der Waals surface area contributed by atoms with E-state index in [0.29, 0.717) is 16.7 Å². The summed E-state index contributed by atoms with van der Waals surface area (Å²) < 4.78 is 36.2. The standard InChI is InChI=1S/C16H16F2N4O2S/c1-9-6-10(2)22-15(19-9)20-21-16(22)25-8-11-4-5-12(24-14(17)18)13(7-11)23-3/h4-7,14H,8H2,1-3H3. The first kappa shape index (κ1) is 17.4. The molecule has 0 spiro atoms. The lowest BCUT2D eigenvalue weighted by Gasteiger charge is -2.11. The fourth-order valence-electron chi connectivity index (χ4n) is 2.44. The summed E-state index contributed by atoms with van der Waals surface area (Å²) in [6.07, 6.45) is 0. The molecule has 2 aromatic heterocycles. The second-order valence-corrected chi connectivity index (χ2v) is 6.25. The SMILES string of the molecule is COc1cc(CSc2nnc3nc(C)cc(C)n23)ccc1OC(F)F. The Kier molecular flexibility index (Phi) is 5.03. The van der Waals surface area contributed by atoms with E-state index >= 15 is 0 Å². The number of hydrogen-bond acceptors (Lipinski definition) is 6. The summed E-state index contributed by atoms with van der Waals surface area (Å²) in [4.78, 5) is 4.35. The zero-order chi connectivity index (χ0) is 18.0. The van der Waals surface area contributed by atoms with Crippen molar-refractivity contribution in [2.75, 3.05) is 7.11 Å². The van der Waals surface area contributed by atoms with Crippen molar-refractivity contribution in [1.29, 1.82) is 0 Å². The van der Waals surface area contributed by atoms with Crippen molar-refractivity contribution in [2.45, 2.75) is 31.4 Å². The molecule has 0 saturated carbocycles. The topological polar surface area (TPSA) is 61.5 Å². The highest BCUT2D eigenvalue weighted by molar-refractivity contribution is 7.98. The zero-order valence-electron chi connectivity index (χ0n) is 13.9. The Morgan fingerprint density at radius 3 is 2.68 bits per heavy atom. The van der Waals surface area contributed by atoms with Gasteiger partial charge in [-0.2, -0.15) is 8.78 Å². The average Bonchev–Trinajstić information content (AvgIpc) is 2.96. The third kappa shape index (κ3) is 3.81. The Balaban J connectivity index is 1.80. The van der Waals surface area contributed by atoms with E-state index in [2.05, 4.69) is 19.9 Å². The van der Waals surface area contributed by atoms with Gasteiger partial charge in [-0.1, -0.05) is 17.8 Å². The Labute approximate surface area is 147 Å². The zero-order valence-corrected chi connectivity index (χ0v) is 14.7. The van der Waals surface area contributed by atoms with E-state index in [4.69, 9.17) is 4.74 Å². The molecule has 0 saturated heterocycles. The first-order chi connectivity index (χ1) is 12.0. The first-order valence-corrected chi connectivity index (χ1v) is 8.40. The number of thioether (sulfide) groups is 1. The van der Waals surface area contributed by atoms with Crippen molar-refractivity contribution in [2.24, 2.45) is 0 Å². The van der Waals surface area contributed by atoms with E-state index in [1.807, 2.05) is 24.3 Å². The molecular formula is C16H16F2N4O2S. The molecule has 0 bridgehead atoms. The summed E-state index contributed by atoms with van der Waals surface area (Å²) >= 11 is 1.47. The summed E-state index contributed by atoms with van der Waals surface area (Å²) in [6, 6.07) is 6.81. The van der Waals surface area contributed by atoms with Crippen LogP contribution < -0.4 is 9.47 Å². The second-order valence-electron chi connectivity index (χ2n) is 5.31. The molecule has 2 heterocycles. The van der Waals surface area contributed by atoms with Crippen LogP contribution in [0.15, 0.2) is 29.4 Å². The van der Waals surface area contributed by atoms with Crippen molar-refractivity contribution in [3.8, 4) is 11.5 Å². The Morgan fingerprint density at radius 2 is 1.96 bits per heavy atom. The van der Waals surface area contributed by atoms with E-state index < -0.39 is 6.61 Å². The molecule has 6 nitrogen and oxygen atoms in total. The molecule has 0 fully saturated rings. The van der Waals surface area contributed by atoms with Crippen LogP contribution in [0.25, 0.3) is 5.78 Å². The lowest BCUT2D eigenvalue weighted by molar-refractivity contribution is -0.0512. The molecule has 0 atom stereocenters.